The van der Waals surface area contributed by atoms with Crippen LogP contribution in [0.1, 0.15) is 71.7 Å². The van der Waals surface area contributed by atoms with E-state index in [1.807, 2.05) is 58.0 Å². The van der Waals surface area contributed by atoms with Crippen molar-refractivity contribution in [1.29, 1.82) is 0 Å². The van der Waals surface area contributed by atoms with Crippen molar-refractivity contribution in [2.45, 2.75) is 79.3 Å². The van der Waals surface area contributed by atoms with Gasteiger partial charge in [0.15, 0.2) is 11.6 Å². The van der Waals surface area contributed by atoms with Gasteiger partial charge in [-0.3, -0.25) is 9.78 Å². The molecule has 1 saturated carbocycles. The van der Waals surface area contributed by atoms with E-state index in [9.17, 15) is 9.59 Å². The largest absolute Gasteiger partial charge is 0.454 e. The molecular formula is C32H39NO5. The molecule has 1 aromatic carbocycles. The van der Waals surface area contributed by atoms with Crippen LogP contribution in [-0.2, 0) is 19.0 Å². The molecule has 6 heteroatoms. The van der Waals surface area contributed by atoms with Crippen molar-refractivity contribution in [2.24, 2.45) is 22.7 Å². The third kappa shape index (κ3) is 4.42. The minimum Gasteiger partial charge on any atom is -0.454 e. The number of pyridine rings is 1. The molecule has 1 saturated heterocycles. The lowest BCUT2D eigenvalue weighted by Crippen LogP contribution is -2.55. The van der Waals surface area contributed by atoms with E-state index < -0.39 is 29.4 Å². The van der Waals surface area contributed by atoms with Crippen LogP contribution in [0.5, 0.6) is 0 Å². The first-order valence-electron chi connectivity index (χ1n) is 13.6. The van der Waals surface area contributed by atoms with Crippen molar-refractivity contribution in [1.82, 2.24) is 4.98 Å². The van der Waals surface area contributed by atoms with Gasteiger partial charge in [-0.25, -0.2) is 4.79 Å². The topological polar surface area (TPSA) is 74.7 Å². The van der Waals surface area contributed by atoms with Crippen molar-refractivity contribution in [3.63, 3.8) is 0 Å². The summed E-state index contributed by atoms with van der Waals surface area (Å²) in [6.07, 6.45) is 5.69. The summed E-state index contributed by atoms with van der Waals surface area (Å²) in [4.78, 5) is 33.1. The van der Waals surface area contributed by atoms with Gasteiger partial charge >= 0.3 is 5.97 Å². The number of hydrogen-bond donors (Lipinski definition) is 0. The zero-order valence-electron chi connectivity index (χ0n) is 23.5. The Morgan fingerprint density at radius 2 is 1.87 bits per heavy atom. The summed E-state index contributed by atoms with van der Waals surface area (Å²) < 4.78 is 19.1. The molecule has 1 aromatic heterocycles. The van der Waals surface area contributed by atoms with Crippen LogP contribution in [0.4, 0.5) is 0 Å². The predicted molar refractivity (Wildman–Crippen MR) is 146 cm³/mol. The smallest absolute Gasteiger partial charge is 0.339 e. The summed E-state index contributed by atoms with van der Waals surface area (Å²) in [5.41, 5.74) is 1.71. The number of allylic oxidation sites excluding steroid dienone is 2. The van der Waals surface area contributed by atoms with Gasteiger partial charge < -0.3 is 14.2 Å². The molecule has 2 fully saturated rings. The number of ether oxygens (including phenoxy) is 3. The Hall–Kier alpha value is -2.83. The number of esters is 1. The SMILES string of the molecule is CC(C)=CC12CCC(C)C(C)(C)C(C=C3COC(C)(C)OC3C1OC(=O)c1ccnc3ccccc13)C2=O. The van der Waals surface area contributed by atoms with E-state index in [4.69, 9.17) is 14.2 Å². The van der Waals surface area contributed by atoms with Crippen LogP contribution >= 0.6 is 0 Å². The van der Waals surface area contributed by atoms with Gasteiger partial charge in [-0.15, -0.1) is 0 Å². The fourth-order valence-corrected chi connectivity index (χ4v) is 6.46. The molecule has 0 amide bonds. The molecule has 5 unspecified atom stereocenters. The van der Waals surface area contributed by atoms with Crippen LogP contribution in [0.15, 0.2) is 59.8 Å². The highest BCUT2D eigenvalue weighted by molar-refractivity contribution is 6.03. The maximum Gasteiger partial charge on any atom is 0.339 e. The van der Waals surface area contributed by atoms with Crippen LogP contribution < -0.4 is 0 Å². The number of rotatable bonds is 3. The Morgan fingerprint density at radius 3 is 2.61 bits per heavy atom. The average molecular weight is 518 g/mol. The zero-order chi connectivity index (χ0) is 27.5. The molecule has 3 aliphatic rings. The van der Waals surface area contributed by atoms with Gasteiger partial charge in [0.2, 0.25) is 0 Å². The van der Waals surface area contributed by atoms with E-state index in [1.165, 1.54) is 0 Å². The van der Waals surface area contributed by atoms with Crippen LogP contribution in [0.2, 0.25) is 0 Å². The Morgan fingerprint density at radius 1 is 1.13 bits per heavy atom. The molecule has 202 valence electrons. The lowest BCUT2D eigenvalue weighted by atomic mass is 9.66. The van der Waals surface area contributed by atoms with Gasteiger partial charge in [0, 0.05) is 17.5 Å². The Kier molecular flexibility index (Phi) is 6.64. The minimum atomic E-state index is -1.03. The van der Waals surface area contributed by atoms with Crippen molar-refractivity contribution < 1.29 is 23.8 Å². The molecule has 2 aliphatic carbocycles. The van der Waals surface area contributed by atoms with Gasteiger partial charge in [0.05, 0.1) is 23.1 Å². The van der Waals surface area contributed by atoms with Crippen LogP contribution in [-0.4, -0.2) is 41.3 Å². The number of para-hydroxylation sites is 1. The second-order valence-corrected chi connectivity index (χ2v) is 12.5. The first kappa shape index (κ1) is 26.8. The summed E-state index contributed by atoms with van der Waals surface area (Å²) in [6, 6.07) is 9.20. The molecule has 0 spiro atoms. The third-order valence-electron chi connectivity index (χ3n) is 8.98. The molecule has 0 N–H and O–H groups in total. The Labute approximate surface area is 225 Å². The van der Waals surface area contributed by atoms with Gasteiger partial charge in [0.1, 0.15) is 12.2 Å². The fraction of sp³-hybridized carbons (Fsp3) is 0.531. The van der Waals surface area contributed by atoms with Crippen LogP contribution in [0, 0.1) is 22.7 Å². The van der Waals surface area contributed by atoms with E-state index in [0.717, 1.165) is 17.6 Å². The standard InChI is InChI=1S/C32H39NO5/c1-19(2)17-32-14-12-20(3)30(4,5)24(27(32)34)16-21-18-36-31(6,7)38-26(21)28(32)37-29(35)23-13-15-33-25-11-9-8-10-22(23)25/h8-11,13,15-17,20,24,26,28H,12,14,18H2,1-7H3. The van der Waals surface area contributed by atoms with Crippen molar-refractivity contribution in [3.8, 4) is 0 Å². The number of ketones is 1. The maximum atomic E-state index is 14.7. The second kappa shape index (κ2) is 9.42. The van der Waals surface area contributed by atoms with E-state index >= 15 is 0 Å². The quantitative estimate of drug-likeness (QED) is 0.344. The molecule has 2 aromatic rings. The van der Waals surface area contributed by atoms with Gasteiger partial charge in [-0.05, 0) is 69.6 Å². The average Bonchev–Trinajstić information content (AvgIpc) is 2.99. The van der Waals surface area contributed by atoms with Gasteiger partial charge in [-0.1, -0.05) is 56.7 Å². The van der Waals surface area contributed by atoms with E-state index in [0.29, 0.717) is 35.4 Å². The predicted octanol–water partition coefficient (Wildman–Crippen LogP) is 6.45. The normalized spacial score (nSPS) is 31.9. The molecule has 2 bridgehead atoms. The number of fused-ring (bicyclic) bond motifs is 4. The van der Waals surface area contributed by atoms with E-state index in [1.54, 1.807) is 12.3 Å². The maximum absolute atomic E-state index is 14.7. The molecule has 38 heavy (non-hydrogen) atoms. The van der Waals surface area contributed by atoms with Crippen LogP contribution in [0.25, 0.3) is 10.9 Å². The van der Waals surface area contributed by atoms with Crippen molar-refractivity contribution in [2.75, 3.05) is 6.61 Å². The summed E-state index contributed by atoms with van der Waals surface area (Å²) in [5, 5.41) is 0.716. The molecule has 5 atom stereocenters. The van der Waals surface area contributed by atoms with Crippen molar-refractivity contribution in [3.05, 3.63) is 65.4 Å². The minimum absolute atomic E-state index is 0.0914. The number of carbonyl (C=O) groups excluding carboxylic acids is 2. The number of aromatic nitrogens is 1. The monoisotopic (exact) mass is 517 g/mol. The summed E-state index contributed by atoms with van der Waals surface area (Å²) in [7, 11) is 0. The second-order valence-electron chi connectivity index (χ2n) is 12.5. The number of hydrogen-bond acceptors (Lipinski definition) is 6. The molecule has 2 heterocycles. The summed E-state index contributed by atoms with van der Waals surface area (Å²) in [5.74, 6) is -1.34. The summed E-state index contributed by atoms with van der Waals surface area (Å²) in [6.45, 7) is 14.6. The van der Waals surface area contributed by atoms with Crippen molar-refractivity contribution >= 4 is 22.7 Å². The molecule has 1 aliphatic heterocycles. The highest BCUT2D eigenvalue weighted by Gasteiger charge is 2.60. The molecule has 5 rings (SSSR count). The molecule has 0 radical (unpaired) electrons. The molecule has 6 nitrogen and oxygen atoms in total. The first-order chi connectivity index (χ1) is 17.9. The fourth-order valence-electron chi connectivity index (χ4n) is 6.46. The number of Topliss-reactive ketones (excluding diaryl/α,β-unsaturated/α-hetero) is 1. The van der Waals surface area contributed by atoms with E-state index in [-0.39, 0.29) is 17.1 Å². The lowest BCUT2D eigenvalue weighted by molar-refractivity contribution is -0.271. The van der Waals surface area contributed by atoms with Gasteiger partial charge in [0.25, 0.3) is 0 Å². The molecular weight excluding hydrogens is 478 g/mol. The third-order valence-corrected chi connectivity index (χ3v) is 8.98. The van der Waals surface area contributed by atoms with Gasteiger partial charge in [-0.2, -0.15) is 0 Å². The number of carbonyl (C=O) groups is 2. The Bertz CT molecular complexity index is 1330. The lowest BCUT2D eigenvalue weighted by Gasteiger charge is -2.45. The summed E-state index contributed by atoms with van der Waals surface area (Å²) >= 11 is 0. The number of benzene rings is 1. The highest BCUT2D eigenvalue weighted by Crippen LogP contribution is 2.55. The zero-order valence-corrected chi connectivity index (χ0v) is 23.5. The highest BCUT2D eigenvalue weighted by atomic mass is 16.7. The van der Waals surface area contributed by atoms with E-state index in [2.05, 4.69) is 31.8 Å². The Balaban J connectivity index is 1.70. The van der Waals surface area contributed by atoms with Crippen LogP contribution in [0.3, 0.4) is 0 Å². The first-order valence-corrected chi connectivity index (χ1v) is 13.6. The number of nitrogens with zero attached hydrogens (tertiary/aromatic N) is 1.